The lowest BCUT2D eigenvalue weighted by Crippen LogP contribution is -2.19. The van der Waals surface area contributed by atoms with Crippen molar-refractivity contribution in [2.75, 3.05) is 26.8 Å². The van der Waals surface area contributed by atoms with Gasteiger partial charge in [0, 0.05) is 19.7 Å². The smallest absolute Gasteiger partial charge is 0.326 e. The zero-order valence-corrected chi connectivity index (χ0v) is 10.6. The molecule has 0 atom stereocenters. The maximum atomic E-state index is 11.8. The van der Waals surface area contributed by atoms with E-state index in [2.05, 4.69) is 10.3 Å². The molecule has 2 aromatic rings. The van der Waals surface area contributed by atoms with E-state index < -0.39 is 0 Å². The number of H-pyrrole nitrogens is 1. The number of ether oxygens (including phenoxy) is 1. The number of rotatable bonds is 7. The Morgan fingerprint density at radius 3 is 3.00 bits per heavy atom. The van der Waals surface area contributed by atoms with E-state index in [4.69, 9.17) is 4.74 Å². The second-order valence-corrected chi connectivity index (χ2v) is 4.17. The third-order valence-electron chi connectivity index (χ3n) is 2.85. The van der Waals surface area contributed by atoms with Gasteiger partial charge in [-0.1, -0.05) is 12.1 Å². The summed E-state index contributed by atoms with van der Waals surface area (Å²) in [6.07, 6.45) is 0.839. The fraction of sp³-hybridized carbons (Fsp3) is 0.462. The minimum atomic E-state index is -0.0496. The summed E-state index contributed by atoms with van der Waals surface area (Å²) in [4.78, 5) is 14.6. The minimum absolute atomic E-state index is 0.0496. The molecular formula is C13H19N3O2. The normalized spacial score (nSPS) is 11.2. The Kier molecular flexibility index (Phi) is 4.55. The number of aromatic nitrogens is 2. The van der Waals surface area contributed by atoms with E-state index in [1.165, 1.54) is 0 Å². The largest absolute Gasteiger partial charge is 0.380 e. The van der Waals surface area contributed by atoms with Gasteiger partial charge in [0.1, 0.15) is 0 Å². The first-order chi connectivity index (χ1) is 8.83. The molecule has 0 unspecified atom stereocenters. The molecule has 0 saturated carbocycles. The Hall–Kier alpha value is -1.59. The summed E-state index contributed by atoms with van der Waals surface area (Å²) in [6, 6.07) is 7.73. The number of benzene rings is 1. The minimum Gasteiger partial charge on any atom is -0.380 e. The van der Waals surface area contributed by atoms with E-state index in [1.54, 1.807) is 4.57 Å². The van der Waals surface area contributed by atoms with Crippen LogP contribution in [0.4, 0.5) is 0 Å². The summed E-state index contributed by atoms with van der Waals surface area (Å²) in [7, 11) is 1.90. The second-order valence-electron chi connectivity index (χ2n) is 4.17. The Morgan fingerprint density at radius 1 is 1.33 bits per heavy atom. The van der Waals surface area contributed by atoms with Crippen LogP contribution in [-0.4, -0.2) is 36.4 Å². The third-order valence-corrected chi connectivity index (χ3v) is 2.85. The lowest BCUT2D eigenvalue weighted by molar-refractivity contribution is 0.132. The van der Waals surface area contributed by atoms with Gasteiger partial charge in [0.2, 0.25) is 0 Å². The van der Waals surface area contributed by atoms with Gasteiger partial charge in [0.25, 0.3) is 0 Å². The van der Waals surface area contributed by atoms with Gasteiger partial charge in [-0.3, -0.25) is 4.57 Å². The van der Waals surface area contributed by atoms with Crippen molar-refractivity contribution in [1.29, 1.82) is 0 Å². The van der Waals surface area contributed by atoms with Crippen LogP contribution in [-0.2, 0) is 11.3 Å². The van der Waals surface area contributed by atoms with Crippen molar-refractivity contribution >= 4 is 11.0 Å². The summed E-state index contributed by atoms with van der Waals surface area (Å²) in [5.74, 6) is 0. The Bertz CT molecular complexity index is 544. The SMILES string of the molecule is CNCCOCCCn1c(=O)[nH]c2ccccc21. The molecule has 0 fully saturated rings. The van der Waals surface area contributed by atoms with Crippen LogP contribution >= 0.6 is 0 Å². The van der Waals surface area contributed by atoms with Crippen LogP contribution in [0.3, 0.4) is 0 Å². The molecule has 0 aliphatic rings. The number of nitrogens with zero attached hydrogens (tertiary/aromatic N) is 1. The molecule has 0 saturated heterocycles. The van der Waals surface area contributed by atoms with Gasteiger partial charge >= 0.3 is 5.69 Å². The molecule has 2 N–H and O–H groups in total. The molecule has 0 bridgehead atoms. The molecule has 1 aromatic heterocycles. The van der Waals surface area contributed by atoms with Gasteiger partial charge in [-0.05, 0) is 25.6 Å². The van der Waals surface area contributed by atoms with Gasteiger partial charge in [-0.2, -0.15) is 0 Å². The highest BCUT2D eigenvalue weighted by atomic mass is 16.5. The average molecular weight is 249 g/mol. The number of aromatic amines is 1. The highest BCUT2D eigenvalue weighted by molar-refractivity contribution is 5.74. The maximum Gasteiger partial charge on any atom is 0.326 e. The first kappa shape index (κ1) is 12.9. The van der Waals surface area contributed by atoms with Crippen LogP contribution in [0.25, 0.3) is 11.0 Å². The number of para-hydroxylation sites is 2. The molecule has 1 aromatic carbocycles. The van der Waals surface area contributed by atoms with Crippen LogP contribution in [0.5, 0.6) is 0 Å². The van der Waals surface area contributed by atoms with Crippen molar-refractivity contribution in [1.82, 2.24) is 14.9 Å². The molecular weight excluding hydrogens is 230 g/mol. The van der Waals surface area contributed by atoms with Crippen LogP contribution in [0, 0.1) is 0 Å². The van der Waals surface area contributed by atoms with Gasteiger partial charge in [-0.15, -0.1) is 0 Å². The number of hydrogen-bond acceptors (Lipinski definition) is 3. The van der Waals surface area contributed by atoms with Crippen molar-refractivity contribution in [2.24, 2.45) is 0 Å². The van der Waals surface area contributed by atoms with Gasteiger partial charge in [0.05, 0.1) is 17.6 Å². The van der Waals surface area contributed by atoms with E-state index >= 15 is 0 Å². The molecule has 5 heteroatoms. The Balaban J connectivity index is 1.91. The van der Waals surface area contributed by atoms with Crippen molar-refractivity contribution in [3.05, 3.63) is 34.7 Å². The maximum absolute atomic E-state index is 11.8. The number of aryl methyl sites for hydroxylation is 1. The lowest BCUT2D eigenvalue weighted by Gasteiger charge is -2.05. The summed E-state index contributed by atoms with van der Waals surface area (Å²) in [6.45, 7) is 2.92. The van der Waals surface area contributed by atoms with Gasteiger partial charge < -0.3 is 15.0 Å². The van der Waals surface area contributed by atoms with Crippen molar-refractivity contribution in [3.63, 3.8) is 0 Å². The number of fused-ring (bicyclic) bond motifs is 1. The van der Waals surface area contributed by atoms with Crippen LogP contribution < -0.4 is 11.0 Å². The van der Waals surface area contributed by atoms with Crippen molar-refractivity contribution in [3.8, 4) is 0 Å². The van der Waals surface area contributed by atoms with Gasteiger partial charge in [0.15, 0.2) is 0 Å². The average Bonchev–Trinajstić information content (AvgIpc) is 2.70. The second kappa shape index (κ2) is 6.37. The quantitative estimate of drug-likeness (QED) is 0.718. The Labute approximate surface area is 106 Å². The summed E-state index contributed by atoms with van der Waals surface area (Å²) in [5, 5.41) is 3.02. The van der Waals surface area contributed by atoms with E-state index in [1.807, 2.05) is 31.3 Å². The first-order valence-electron chi connectivity index (χ1n) is 6.23. The molecule has 0 aliphatic carbocycles. The molecule has 0 aliphatic heterocycles. The lowest BCUT2D eigenvalue weighted by atomic mass is 10.3. The van der Waals surface area contributed by atoms with E-state index in [-0.39, 0.29) is 5.69 Å². The van der Waals surface area contributed by atoms with Gasteiger partial charge in [-0.25, -0.2) is 4.79 Å². The molecule has 98 valence electrons. The fourth-order valence-electron chi connectivity index (χ4n) is 1.93. The molecule has 2 rings (SSSR count). The zero-order chi connectivity index (χ0) is 12.8. The number of nitrogens with one attached hydrogen (secondary N) is 2. The van der Waals surface area contributed by atoms with E-state index in [0.29, 0.717) is 19.8 Å². The Morgan fingerprint density at radius 2 is 2.17 bits per heavy atom. The standard InChI is InChI=1S/C13H19N3O2/c1-14-7-10-18-9-4-8-16-12-6-3-2-5-11(12)15-13(16)17/h2-3,5-6,14H,4,7-10H2,1H3,(H,15,17). The summed E-state index contributed by atoms with van der Waals surface area (Å²) < 4.78 is 7.20. The third kappa shape index (κ3) is 3.00. The van der Waals surface area contributed by atoms with Crippen molar-refractivity contribution < 1.29 is 4.74 Å². The molecule has 0 radical (unpaired) electrons. The molecule has 1 heterocycles. The van der Waals surface area contributed by atoms with Crippen LogP contribution in [0.15, 0.2) is 29.1 Å². The molecule has 0 spiro atoms. The predicted octanol–water partition coefficient (Wildman–Crippen LogP) is 0.956. The van der Waals surface area contributed by atoms with E-state index in [0.717, 1.165) is 24.0 Å². The topological polar surface area (TPSA) is 59.0 Å². The van der Waals surface area contributed by atoms with Crippen LogP contribution in [0.1, 0.15) is 6.42 Å². The highest BCUT2D eigenvalue weighted by Gasteiger charge is 2.04. The number of hydrogen-bond donors (Lipinski definition) is 2. The molecule has 5 nitrogen and oxygen atoms in total. The fourth-order valence-corrected chi connectivity index (χ4v) is 1.93. The van der Waals surface area contributed by atoms with Crippen molar-refractivity contribution in [2.45, 2.75) is 13.0 Å². The monoisotopic (exact) mass is 249 g/mol. The first-order valence-corrected chi connectivity index (χ1v) is 6.23. The summed E-state index contributed by atoms with van der Waals surface area (Å²) >= 11 is 0. The predicted molar refractivity (Wildman–Crippen MR) is 71.9 cm³/mol. The zero-order valence-electron chi connectivity index (χ0n) is 10.6. The van der Waals surface area contributed by atoms with Crippen LogP contribution in [0.2, 0.25) is 0 Å². The molecule has 18 heavy (non-hydrogen) atoms. The van der Waals surface area contributed by atoms with E-state index in [9.17, 15) is 4.79 Å². The number of imidazole rings is 1. The summed E-state index contributed by atoms with van der Waals surface area (Å²) in [5.41, 5.74) is 1.79. The highest BCUT2D eigenvalue weighted by Crippen LogP contribution is 2.09. The molecule has 0 amide bonds. The number of likely N-dealkylation sites (N-methyl/N-ethyl adjacent to an activating group) is 1.